The standard InChI is InChI=1S/C12H14N4O11P3/c13-12-14-10-9(11(19)15-12)5(3-17)2-16(10)8-1-6(18)7(25-8)4-24-29(22)27-30(23)26-28(20)21/h2,6-8,17-18H,1,3-4H2,(H2-2,13,14,15,19,20,21)/q+1/p+2/t6-,7-,8-/m1/s1. The fourth-order valence-electron chi connectivity index (χ4n) is 2.91. The molecule has 0 bridgehead atoms. The Morgan fingerprint density at radius 1 is 1.33 bits per heavy atom. The van der Waals surface area contributed by atoms with Crippen molar-refractivity contribution in [3.8, 4) is 0 Å². The molecule has 6 N–H and O–H groups in total. The van der Waals surface area contributed by atoms with Gasteiger partial charge in [0.15, 0.2) is 14.3 Å². The molecule has 0 aromatic carbocycles. The predicted molar refractivity (Wildman–Crippen MR) is 98.4 cm³/mol. The molecule has 15 nitrogen and oxygen atoms in total. The summed E-state index contributed by atoms with van der Waals surface area (Å²) in [5.41, 5.74) is 5.45. The first-order chi connectivity index (χ1) is 14.2. The van der Waals surface area contributed by atoms with Crippen molar-refractivity contribution in [3.63, 3.8) is 0 Å². The van der Waals surface area contributed by atoms with Gasteiger partial charge in [-0.2, -0.15) is 4.98 Å². The Labute approximate surface area is 169 Å². The van der Waals surface area contributed by atoms with Crippen LogP contribution in [0.25, 0.3) is 11.0 Å². The monoisotopic (exact) mass is 485 g/mol. The second-order valence-corrected chi connectivity index (χ2v) is 8.88. The molecule has 0 spiro atoms. The lowest BCUT2D eigenvalue weighted by Crippen LogP contribution is -2.25. The number of hydrogen-bond acceptors (Lipinski definition) is 12. The smallest absolute Gasteiger partial charge is 0.392 e. The lowest BCUT2D eigenvalue weighted by Gasteiger charge is -2.14. The zero-order chi connectivity index (χ0) is 22.0. The third-order valence-electron chi connectivity index (χ3n) is 4.08. The summed E-state index contributed by atoms with van der Waals surface area (Å²) in [6, 6.07) is 0. The van der Waals surface area contributed by atoms with Crippen LogP contribution in [0.3, 0.4) is 0 Å². The molecule has 0 amide bonds. The summed E-state index contributed by atoms with van der Waals surface area (Å²) in [7, 11) is -9.35. The second kappa shape index (κ2) is 9.58. The maximum Gasteiger partial charge on any atom is 0.798 e. The van der Waals surface area contributed by atoms with Crippen molar-refractivity contribution in [3.05, 3.63) is 22.1 Å². The third-order valence-corrected chi connectivity index (χ3v) is 6.60. The summed E-state index contributed by atoms with van der Waals surface area (Å²) < 4.78 is 53.1. The highest BCUT2D eigenvalue weighted by Gasteiger charge is 2.49. The van der Waals surface area contributed by atoms with Crippen LogP contribution in [-0.4, -0.2) is 48.5 Å². The largest absolute Gasteiger partial charge is 0.798 e. The molecule has 2 aromatic rings. The van der Waals surface area contributed by atoms with E-state index in [2.05, 4.69) is 18.6 Å². The molecule has 3 rings (SSSR count). The third kappa shape index (κ3) is 5.10. The summed E-state index contributed by atoms with van der Waals surface area (Å²) in [5, 5.41) is 19.8. The van der Waals surface area contributed by atoms with E-state index in [0.29, 0.717) is 0 Å². The van der Waals surface area contributed by atoms with Crippen molar-refractivity contribution < 1.29 is 46.7 Å². The van der Waals surface area contributed by atoms with E-state index in [-0.39, 0.29) is 29.0 Å². The van der Waals surface area contributed by atoms with Crippen LogP contribution < -0.4 is 11.3 Å². The maximum atomic E-state index is 12.1. The molecule has 30 heavy (non-hydrogen) atoms. The molecule has 3 unspecified atom stereocenters. The number of anilines is 1. The van der Waals surface area contributed by atoms with Crippen molar-refractivity contribution in [1.82, 2.24) is 14.5 Å². The number of fused-ring (bicyclic) bond motifs is 1. The highest BCUT2D eigenvalue weighted by atomic mass is 31.2. The molecular weight excluding hydrogens is 469 g/mol. The maximum absolute atomic E-state index is 12.1. The van der Waals surface area contributed by atoms with Gasteiger partial charge in [-0.15, -0.1) is 9.42 Å². The van der Waals surface area contributed by atoms with E-state index in [1.807, 2.05) is 0 Å². The zero-order valence-electron chi connectivity index (χ0n) is 14.9. The van der Waals surface area contributed by atoms with Crippen LogP contribution in [0.5, 0.6) is 0 Å². The number of nitrogen functional groups attached to an aromatic ring is 1. The summed E-state index contributed by atoms with van der Waals surface area (Å²) in [5.74, 6) is -0.148. The summed E-state index contributed by atoms with van der Waals surface area (Å²) >= 11 is 0. The van der Waals surface area contributed by atoms with E-state index >= 15 is 0 Å². The Kier molecular flexibility index (Phi) is 7.32. The number of hydrogen-bond donors (Lipinski definition) is 5. The van der Waals surface area contributed by atoms with Gasteiger partial charge in [0.1, 0.15) is 18.9 Å². The van der Waals surface area contributed by atoms with Gasteiger partial charge in [-0.1, -0.05) is 0 Å². The van der Waals surface area contributed by atoms with E-state index in [9.17, 15) is 28.7 Å². The lowest BCUT2D eigenvalue weighted by molar-refractivity contribution is -0.0381. The first-order valence-corrected chi connectivity index (χ1v) is 11.4. The molecule has 0 saturated carbocycles. The lowest BCUT2D eigenvalue weighted by atomic mass is 10.2. The molecule has 6 atom stereocenters. The van der Waals surface area contributed by atoms with Crippen molar-refractivity contribution >= 4 is 41.7 Å². The number of aromatic nitrogens is 3. The number of aromatic amines is 1. The van der Waals surface area contributed by atoms with Crippen LogP contribution >= 0.6 is 24.8 Å². The number of aliphatic hydroxyl groups excluding tert-OH is 2. The van der Waals surface area contributed by atoms with Gasteiger partial charge in [0.05, 0.1) is 18.1 Å². The minimum Gasteiger partial charge on any atom is -0.392 e. The number of nitrogens with zero attached hydrogens (tertiary/aromatic N) is 2. The first-order valence-electron chi connectivity index (χ1n) is 8.13. The molecule has 0 radical (unpaired) electrons. The summed E-state index contributed by atoms with van der Waals surface area (Å²) in [6.07, 6.45) is -1.40. The number of aliphatic hydroxyl groups is 2. The van der Waals surface area contributed by atoms with E-state index in [1.165, 1.54) is 10.8 Å². The number of nitrogens with one attached hydrogen (secondary N) is 1. The SMILES string of the molecule is Nc1nc2c(c(CO)cn2[C@H]2C[C@@H](O)[C@@H](CO[P+](=O)O[P+](=O)O[P+](=O)O)O2)c(=O)[nH]1. The Morgan fingerprint density at radius 3 is 2.73 bits per heavy atom. The predicted octanol–water partition coefficient (Wildman–Crippen LogP) is 0.462. The van der Waals surface area contributed by atoms with Gasteiger partial charge in [0.2, 0.25) is 5.95 Å². The fraction of sp³-hybridized carbons (Fsp3) is 0.500. The first kappa shape index (κ1) is 22.9. The average Bonchev–Trinajstić information content (AvgIpc) is 3.19. The molecule has 162 valence electrons. The minimum absolute atomic E-state index is 0.0388. The van der Waals surface area contributed by atoms with E-state index in [0.717, 1.165) is 0 Å². The molecule has 1 saturated heterocycles. The van der Waals surface area contributed by atoms with Crippen LogP contribution in [0.4, 0.5) is 5.95 Å². The average molecular weight is 485 g/mol. The minimum atomic E-state index is -3.21. The Morgan fingerprint density at radius 2 is 2.07 bits per heavy atom. The van der Waals surface area contributed by atoms with Crippen LogP contribution in [0, 0.1) is 0 Å². The van der Waals surface area contributed by atoms with Gasteiger partial charge in [-0.05, 0) is 0 Å². The van der Waals surface area contributed by atoms with Crippen molar-refractivity contribution in [2.24, 2.45) is 0 Å². The number of nitrogens with two attached hydrogens (primary N) is 1. The molecule has 1 fully saturated rings. The molecule has 1 aliphatic heterocycles. The van der Waals surface area contributed by atoms with Gasteiger partial charge in [-0.3, -0.25) is 9.78 Å². The van der Waals surface area contributed by atoms with Crippen molar-refractivity contribution in [2.45, 2.75) is 31.5 Å². The normalized spacial score (nSPS) is 23.0. The topological polar surface area (TPSA) is 226 Å². The van der Waals surface area contributed by atoms with Crippen LogP contribution in [0.2, 0.25) is 0 Å². The van der Waals surface area contributed by atoms with Gasteiger partial charge >= 0.3 is 24.8 Å². The fourth-order valence-corrected chi connectivity index (χ4v) is 4.64. The van der Waals surface area contributed by atoms with Crippen molar-refractivity contribution in [1.29, 1.82) is 0 Å². The van der Waals surface area contributed by atoms with E-state index in [4.69, 9.17) is 19.9 Å². The molecular formula is C12H16N4O11P3+3. The van der Waals surface area contributed by atoms with Gasteiger partial charge in [0, 0.05) is 31.9 Å². The molecule has 18 heteroatoms. The number of ether oxygens (including phenoxy) is 1. The van der Waals surface area contributed by atoms with Gasteiger partial charge in [-0.25, -0.2) is 0 Å². The van der Waals surface area contributed by atoms with E-state index in [1.54, 1.807) is 0 Å². The zero-order valence-corrected chi connectivity index (χ0v) is 17.5. The highest BCUT2D eigenvalue weighted by molar-refractivity contribution is 7.53. The molecule has 3 heterocycles. The van der Waals surface area contributed by atoms with Gasteiger partial charge < -0.3 is 25.3 Å². The van der Waals surface area contributed by atoms with E-state index < -0.39 is 62.0 Å². The molecule has 2 aromatic heterocycles. The Balaban J connectivity index is 1.70. The van der Waals surface area contributed by atoms with Crippen LogP contribution in [0.15, 0.2) is 11.0 Å². The highest BCUT2D eigenvalue weighted by Crippen LogP contribution is 2.45. The molecule has 0 aliphatic carbocycles. The van der Waals surface area contributed by atoms with Gasteiger partial charge in [0.25, 0.3) is 5.56 Å². The molecule has 1 aliphatic rings. The second-order valence-electron chi connectivity index (χ2n) is 5.95. The summed E-state index contributed by atoms with van der Waals surface area (Å²) in [4.78, 5) is 26.9. The Bertz CT molecular complexity index is 1060. The number of rotatable bonds is 9. The van der Waals surface area contributed by atoms with Crippen molar-refractivity contribution in [2.75, 3.05) is 12.3 Å². The number of H-pyrrole nitrogens is 1. The van der Waals surface area contributed by atoms with Crippen LogP contribution in [-0.2, 0) is 38.2 Å². The van der Waals surface area contributed by atoms with Crippen LogP contribution in [0.1, 0.15) is 18.2 Å². The Hall–Kier alpha value is -1.76. The summed E-state index contributed by atoms with van der Waals surface area (Å²) in [6.45, 7) is -0.888. The quantitative estimate of drug-likeness (QED) is 0.305.